The summed E-state index contributed by atoms with van der Waals surface area (Å²) in [5.74, 6) is 1.72. The molecule has 4 heteroatoms. The van der Waals surface area contributed by atoms with Crippen LogP contribution >= 0.6 is 0 Å². The molecule has 0 aliphatic rings. The van der Waals surface area contributed by atoms with E-state index in [1.165, 1.54) is 11.1 Å². The fourth-order valence-electron chi connectivity index (χ4n) is 1.88. The number of nitrogens with zero attached hydrogens (tertiary/aromatic N) is 3. The van der Waals surface area contributed by atoms with Crippen molar-refractivity contribution in [2.24, 2.45) is 12.8 Å². The second-order valence-corrected chi connectivity index (χ2v) is 4.33. The zero-order valence-corrected chi connectivity index (χ0v) is 10.6. The first kappa shape index (κ1) is 11.8. The van der Waals surface area contributed by atoms with E-state index in [9.17, 15) is 0 Å². The number of hydrogen-bond donors (Lipinski definition) is 1. The third kappa shape index (κ3) is 2.36. The lowest BCUT2D eigenvalue weighted by atomic mass is 10.1. The Morgan fingerprint density at radius 2 is 2.06 bits per heavy atom. The molecule has 2 rings (SSSR count). The van der Waals surface area contributed by atoms with E-state index in [0.29, 0.717) is 6.54 Å². The topological polar surface area (TPSA) is 56.7 Å². The van der Waals surface area contributed by atoms with Crippen molar-refractivity contribution in [1.82, 2.24) is 14.8 Å². The van der Waals surface area contributed by atoms with Crippen molar-refractivity contribution < 1.29 is 0 Å². The first-order valence-electron chi connectivity index (χ1n) is 5.79. The third-order valence-electron chi connectivity index (χ3n) is 2.81. The van der Waals surface area contributed by atoms with Crippen LogP contribution in [0.5, 0.6) is 0 Å². The van der Waals surface area contributed by atoms with Crippen molar-refractivity contribution in [2.45, 2.75) is 20.3 Å². The molecule has 0 aliphatic heterocycles. The summed E-state index contributed by atoms with van der Waals surface area (Å²) in [5, 5.41) is 4.37. The van der Waals surface area contributed by atoms with Crippen LogP contribution in [0.2, 0.25) is 0 Å². The van der Waals surface area contributed by atoms with E-state index in [2.05, 4.69) is 42.1 Å². The molecule has 0 saturated heterocycles. The van der Waals surface area contributed by atoms with Crippen molar-refractivity contribution in [2.75, 3.05) is 6.54 Å². The highest BCUT2D eigenvalue weighted by Crippen LogP contribution is 2.22. The van der Waals surface area contributed by atoms with E-state index in [-0.39, 0.29) is 0 Å². The maximum absolute atomic E-state index is 5.52. The fraction of sp³-hybridized carbons (Fsp3) is 0.385. The summed E-state index contributed by atoms with van der Waals surface area (Å²) in [6.07, 6.45) is 0.721. The van der Waals surface area contributed by atoms with Crippen molar-refractivity contribution in [3.8, 4) is 11.4 Å². The summed E-state index contributed by atoms with van der Waals surface area (Å²) in [6.45, 7) is 4.75. The maximum atomic E-state index is 5.52. The predicted octanol–water partition coefficient (Wildman–Crippen LogP) is 1.60. The number of aromatic nitrogens is 3. The lowest BCUT2D eigenvalue weighted by Gasteiger charge is -2.05. The smallest absolute Gasteiger partial charge is 0.158 e. The maximum Gasteiger partial charge on any atom is 0.158 e. The van der Waals surface area contributed by atoms with Crippen LogP contribution in [0, 0.1) is 13.8 Å². The summed E-state index contributed by atoms with van der Waals surface area (Å²) in [7, 11) is 1.92. The number of nitrogens with two attached hydrogens (primary N) is 1. The van der Waals surface area contributed by atoms with Crippen LogP contribution in [0.4, 0.5) is 0 Å². The number of aryl methyl sites for hydroxylation is 3. The minimum atomic E-state index is 0.580. The molecule has 0 bridgehead atoms. The first-order chi connectivity index (χ1) is 8.11. The zero-order chi connectivity index (χ0) is 12.4. The van der Waals surface area contributed by atoms with Gasteiger partial charge in [-0.2, -0.15) is 5.10 Å². The van der Waals surface area contributed by atoms with Gasteiger partial charge in [0.2, 0.25) is 0 Å². The molecule has 90 valence electrons. The molecule has 0 radical (unpaired) electrons. The number of hydrogen-bond acceptors (Lipinski definition) is 3. The molecule has 0 fully saturated rings. The summed E-state index contributed by atoms with van der Waals surface area (Å²) < 4.78 is 1.83. The van der Waals surface area contributed by atoms with Crippen LogP contribution in [0.3, 0.4) is 0 Å². The second kappa shape index (κ2) is 4.67. The van der Waals surface area contributed by atoms with Crippen molar-refractivity contribution in [3.63, 3.8) is 0 Å². The monoisotopic (exact) mass is 230 g/mol. The third-order valence-corrected chi connectivity index (χ3v) is 2.81. The molecule has 2 N–H and O–H groups in total. The lowest BCUT2D eigenvalue weighted by Crippen LogP contribution is -2.04. The predicted molar refractivity (Wildman–Crippen MR) is 68.7 cm³/mol. The highest BCUT2D eigenvalue weighted by Gasteiger charge is 2.11. The molecule has 4 nitrogen and oxygen atoms in total. The fourth-order valence-corrected chi connectivity index (χ4v) is 1.88. The average molecular weight is 230 g/mol. The van der Waals surface area contributed by atoms with Gasteiger partial charge in [-0.1, -0.05) is 17.7 Å². The van der Waals surface area contributed by atoms with Crippen LogP contribution < -0.4 is 5.73 Å². The number of benzene rings is 1. The summed E-state index contributed by atoms with van der Waals surface area (Å²) in [4.78, 5) is 4.54. The molecule has 2 aromatic rings. The summed E-state index contributed by atoms with van der Waals surface area (Å²) in [6, 6.07) is 6.36. The first-order valence-corrected chi connectivity index (χ1v) is 5.79. The Morgan fingerprint density at radius 1 is 1.29 bits per heavy atom. The van der Waals surface area contributed by atoms with Gasteiger partial charge in [-0.25, -0.2) is 9.67 Å². The second-order valence-electron chi connectivity index (χ2n) is 4.33. The van der Waals surface area contributed by atoms with Gasteiger partial charge in [-0.3, -0.25) is 0 Å². The van der Waals surface area contributed by atoms with Crippen molar-refractivity contribution >= 4 is 0 Å². The van der Waals surface area contributed by atoms with E-state index in [1.807, 2.05) is 11.7 Å². The van der Waals surface area contributed by atoms with Crippen molar-refractivity contribution in [3.05, 3.63) is 35.2 Å². The Morgan fingerprint density at radius 3 is 2.76 bits per heavy atom. The van der Waals surface area contributed by atoms with Gasteiger partial charge < -0.3 is 5.73 Å². The molecule has 17 heavy (non-hydrogen) atoms. The van der Waals surface area contributed by atoms with E-state index >= 15 is 0 Å². The lowest BCUT2D eigenvalue weighted by molar-refractivity contribution is 0.744. The Hall–Kier alpha value is -1.68. The highest BCUT2D eigenvalue weighted by molar-refractivity contribution is 5.61. The van der Waals surface area contributed by atoms with Gasteiger partial charge in [0.15, 0.2) is 11.6 Å². The van der Waals surface area contributed by atoms with Gasteiger partial charge in [0.1, 0.15) is 0 Å². The van der Waals surface area contributed by atoms with Gasteiger partial charge >= 0.3 is 0 Å². The molecular formula is C13H18N4. The Kier molecular flexibility index (Phi) is 3.24. The molecule has 0 aliphatic carbocycles. The van der Waals surface area contributed by atoms with Crippen LogP contribution in [0.1, 0.15) is 17.0 Å². The zero-order valence-electron chi connectivity index (χ0n) is 10.6. The number of rotatable bonds is 3. The molecule has 0 unspecified atom stereocenters. The Labute approximate surface area is 101 Å². The average Bonchev–Trinajstić information content (AvgIpc) is 2.64. The molecule has 0 saturated carbocycles. The molecule has 1 aromatic heterocycles. The van der Waals surface area contributed by atoms with Crippen LogP contribution in [0.25, 0.3) is 11.4 Å². The SMILES string of the molecule is Cc1ccc(C)c(-c2nc(CCN)nn2C)c1. The van der Waals surface area contributed by atoms with Gasteiger partial charge in [0, 0.05) is 19.0 Å². The molecule has 0 amide bonds. The molecule has 0 atom stereocenters. The van der Waals surface area contributed by atoms with Crippen LogP contribution in [-0.2, 0) is 13.5 Å². The quantitative estimate of drug-likeness (QED) is 0.871. The van der Waals surface area contributed by atoms with E-state index in [0.717, 1.165) is 23.6 Å². The summed E-state index contributed by atoms with van der Waals surface area (Å²) in [5.41, 5.74) is 9.11. The normalized spacial score (nSPS) is 10.8. The minimum absolute atomic E-state index is 0.580. The van der Waals surface area contributed by atoms with Crippen LogP contribution in [0.15, 0.2) is 18.2 Å². The minimum Gasteiger partial charge on any atom is -0.330 e. The van der Waals surface area contributed by atoms with Gasteiger partial charge in [-0.15, -0.1) is 0 Å². The molecular weight excluding hydrogens is 212 g/mol. The molecule has 1 aromatic carbocycles. The van der Waals surface area contributed by atoms with Gasteiger partial charge in [-0.05, 0) is 32.0 Å². The standard InChI is InChI=1S/C13H18N4/c1-9-4-5-10(2)11(8-9)13-15-12(6-7-14)16-17(13)3/h4-5,8H,6-7,14H2,1-3H3. The Balaban J connectivity index is 2.48. The van der Waals surface area contributed by atoms with Gasteiger partial charge in [0.05, 0.1) is 0 Å². The van der Waals surface area contributed by atoms with Crippen molar-refractivity contribution in [1.29, 1.82) is 0 Å². The van der Waals surface area contributed by atoms with E-state index in [1.54, 1.807) is 0 Å². The van der Waals surface area contributed by atoms with Crippen LogP contribution in [-0.4, -0.2) is 21.3 Å². The highest BCUT2D eigenvalue weighted by atomic mass is 15.3. The van der Waals surface area contributed by atoms with E-state index < -0.39 is 0 Å². The van der Waals surface area contributed by atoms with E-state index in [4.69, 9.17) is 5.73 Å². The Bertz CT molecular complexity index is 528. The molecule has 1 heterocycles. The summed E-state index contributed by atoms with van der Waals surface area (Å²) >= 11 is 0. The largest absolute Gasteiger partial charge is 0.330 e. The van der Waals surface area contributed by atoms with Gasteiger partial charge in [0.25, 0.3) is 0 Å². The molecule has 0 spiro atoms.